The van der Waals surface area contributed by atoms with Crippen molar-refractivity contribution >= 4 is 11.7 Å². The van der Waals surface area contributed by atoms with Crippen molar-refractivity contribution in [1.29, 1.82) is 5.26 Å². The zero-order valence-corrected chi connectivity index (χ0v) is 15.1. The number of anilines is 1. The van der Waals surface area contributed by atoms with Gasteiger partial charge in [0.1, 0.15) is 23.2 Å². The van der Waals surface area contributed by atoms with E-state index in [9.17, 15) is 10.1 Å². The van der Waals surface area contributed by atoms with Gasteiger partial charge in [0.2, 0.25) is 0 Å². The first kappa shape index (κ1) is 18.3. The second kappa shape index (κ2) is 8.23. The first-order valence-electron chi connectivity index (χ1n) is 8.83. The summed E-state index contributed by atoms with van der Waals surface area (Å²) in [7, 11) is 0. The Morgan fingerprint density at radius 1 is 1.30 bits per heavy atom. The normalized spacial score (nSPS) is 10.5. The number of nitrogens with zero attached hydrogens (tertiary/aromatic N) is 3. The summed E-state index contributed by atoms with van der Waals surface area (Å²) in [4.78, 5) is 12.1. The van der Waals surface area contributed by atoms with Gasteiger partial charge in [-0.05, 0) is 37.1 Å². The minimum atomic E-state index is -0.246. The van der Waals surface area contributed by atoms with Gasteiger partial charge in [-0.15, -0.1) is 0 Å². The van der Waals surface area contributed by atoms with Crippen molar-refractivity contribution < 1.29 is 9.21 Å². The fraction of sp³-hybridized carbons (Fsp3) is 0.250. The molecule has 1 aromatic carbocycles. The van der Waals surface area contributed by atoms with Gasteiger partial charge in [0.05, 0.1) is 11.4 Å². The number of nitriles is 1. The lowest BCUT2D eigenvalue weighted by Gasteiger charge is -2.03. The van der Waals surface area contributed by atoms with Gasteiger partial charge in [-0.2, -0.15) is 10.4 Å². The molecule has 2 aromatic heterocycles. The van der Waals surface area contributed by atoms with Crippen LogP contribution in [0.3, 0.4) is 0 Å². The average Bonchev–Trinajstić information content (AvgIpc) is 3.30. The zero-order valence-electron chi connectivity index (χ0n) is 15.1. The third-order valence-electron chi connectivity index (χ3n) is 4.22. The monoisotopic (exact) mass is 363 g/mol. The highest BCUT2D eigenvalue weighted by Crippen LogP contribution is 2.21. The molecule has 0 radical (unpaired) electrons. The second-order valence-electron chi connectivity index (χ2n) is 6.05. The molecule has 1 amide bonds. The molecule has 0 aliphatic rings. The molecular weight excluding hydrogens is 342 g/mol. The first-order valence-corrected chi connectivity index (χ1v) is 8.83. The van der Waals surface area contributed by atoms with Crippen LogP contribution in [0, 0.1) is 11.3 Å². The van der Waals surface area contributed by atoms with E-state index < -0.39 is 0 Å². The Kier molecular flexibility index (Phi) is 5.57. The molecule has 27 heavy (non-hydrogen) atoms. The Morgan fingerprint density at radius 2 is 2.07 bits per heavy atom. The van der Waals surface area contributed by atoms with E-state index in [1.165, 1.54) is 0 Å². The van der Waals surface area contributed by atoms with Gasteiger partial charge in [0.25, 0.3) is 5.91 Å². The van der Waals surface area contributed by atoms with Crippen molar-refractivity contribution in [3.63, 3.8) is 0 Å². The van der Waals surface area contributed by atoms with Crippen LogP contribution in [0.25, 0.3) is 5.69 Å². The van der Waals surface area contributed by atoms with Crippen molar-refractivity contribution in [2.24, 2.45) is 0 Å². The summed E-state index contributed by atoms with van der Waals surface area (Å²) in [5.74, 6) is 1.16. The number of carbonyl (C=O) groups excluding carboxylic acids is 1. The molecule has 0 saturated heterocycles. The Morgan fingerprint density at radius 3 is 2.74 bits per heavy atom. The Labute approximate surface area is 157 Å². The van der Waals surface area contributed by atoms with Crippen molar-refractivity contribution in [3.8, 4) is 11.8 Å². The number of nitrogens with two attached hydrogens (primary N) is 1. The van der Waals surface area contributed by atoms with Crippen LogP contribution in [0.5, 0.6) is 0 Å². The molecule has 0 saturated carbocycles. The van der Waals surface area contributed by atoms with Crippen LogP contribution in [0.4, 0.5) is 5.82 Å². The third kappa shape index (κ3) is 4.01. The summed E-state index contributed by atoms with van der Waals surface area (Å²) in [6, 6.07) is 15.0. The molecule has 7 nitrogen and oxygen atoms in total. The smallest absolute Gasteiger partial charge is 0.286 e. The molecule has 0 unspecified atom stereocenters. The lowest BCUT2D eigenvalue weighted by atomic mass is 10.1. The van der Waals surface area contributed by atoms with Gasteiger partial charge in [0.15, 0.2) is 5.76 Å². The van der Waals surface area contributed by atoms with Crippen molar-refractivity contribution in [3.05, 3.63) is 65.2 Å². The summed E-state index contributed by atoms with van der Waals surface area (Å²) in [5.41, 5.74) is 7.89. The maximum Gasteiger partial charge on any atom is 0.286 e. The summed E-state index contributed by atoms with van der Waals surface area (Å²) in [5, 5.41) is 16.7. The van der Waals surface area contributed by atoms with E-state index in [1.54, 1.807) is 16.8 Å². The lowest BCUT2D eigenvalue weighted by molar-refractivity contribution is 0.0924. The molecule has 3 aromatic rings. The average molecular weight is 363 g/mol. The number of rotatable bonds is 7. The molecule has 138 valence electrons. The van der Waals surface area contributed by atoms with Gasteiger partial charge in [-0.3, -0.25) is 4.79 Å². The Balaban J connectivity index is 1.61. The molecule has 0 bridgehead atoms. The zero-order chi connectivity index (χ0) is 19.2. The summed E-state index contributed by atoms with van der Waals surface area (Å²) < 4.78 is 7.00. The standard InChI is InChI=1S/C20H21N5O2/c1-2-15-10-11-18(27-15)20(26)23-12-6-9-17-16(13-21)19(22)25(24-17)14-7-4-3-5-8-14/h3-5,7-8,10-11H,2,6,9,12,22H2,1H3,(H,23,26). The number of hydrogen-bond donors (Lipinski definition) is 2. The van der Waals surface area contributed by atoms with Crippen molar-refractivity contribution in [2.45, 2.75) is 26.2 Å². The van der Waals surface area contributed by atoms with Crippen molar-refractivity contribution in [2.75, 3.05) is 12.3 Å². The van der Waals surface area contributed by atoms with Crippen LogP contribution < -0.4 is 11.1 Å². The molecule has 0 atom stereocenters. The van der Waals surface area contributed by atoms with Gasteiger partial charge >= 0.3 is 0 Å². The second-order valence-corrected chi connectivity index (χ2v) is 6.05. The number of nitrogen functional groups attached to an aromatic ring is 1. The molecular formula is C20H21N5O2. The highest BCUT2D eigenvalue weighted by Gasteiger charge is 2.16. The molecule has 3 rings (SSSR count). The quantitative estimate of drug-likeness (QED) is 0.627. The Bertz CT molecular complexity index is 966. The van der Waals surface area contributed by atoms with Crippen LogP contribution in [0.1, 0.15) is 40.9 Å². The summed E-state index contributed by atoms with van der Waals surface area (Å²) >= 11 is 0. The van der Waals surface area contributed by atoms with Crippen LogP contribution in [0.15, 0.2) is 46.9 Å². The highest BCUT2D eigenvalue weighted by molar-refractivity contribution is 5.91. The predicted molar refractivity (Wildman–Crippen MR) is 101 cm³/mol. The minimum Gasteiger partial charge on any atom is -0.456 e. The maximum atomic E-state index is 12.1. The maximum absolute atomic E-state index is 12.1. The number of aromatic nitrogens is 2. The lowest BCUT2D eigenvalue weighted by Crippen LogP contribution is -2.24. The predicted octanol–water partition coefficient (Wildman–Crippen LogP) is 2.84. The number of para-hydroxylation sites is 1. The van der Waals surface area contributed by atoms with E-state index in [4.69, 9.17) is 10.2 Å². The summed E-state index contributed by atoms with van der Waals surface area (Å²) in [6.45, 7) is 2.41. The van der Waals surface area contributed by atoms with E-state index in [2.05, 4.69) is 16.5 Å². The molecule has 7 heteroatoms. The Hall–Kier alpha value is -3.53. The number of amides is 1. The molecule has 0 fully saturated rings. The van der Waals surface area contributed by atoms with Crippen LogP contribution in [0.2, 0.25) is 0 Å². The van der Waals surface area contributed by atoms with Gasteiger partial charge < -0.3 is 15.5 Å². The fourth-order valence-corrected chi connectivity index (χ4v) is 2.78. The summed E-state index contributed by atoms with van der Waals surface area (Å²) in [6.07, 6.45) is 1.91. The van der Waals surface area contributed by atoms with E-state index in [0.29, 0.717) is 42.2 Å². The first-order chi connectivity index (χ1) is 13.1. The SMILES string of the molecule is CCc1ccc(C(=O)NCCCc2nn(-c3ccccc3)c(N)c2C#N)o1. The molecule has 0 spiro atoms. The number of hydrogen-bond acceptors (Lipinski definition) is 5. The minimum absolute atomic E-state index is 0.246. The van der Waals surface area contributed by atoms with Crippen LogP contribution >= 0.6 is 0 Å². The number of carbonyl (C=O) groups is 1. The number of furan rings is 1. The number of benzene rings is 1. The van der Waals surface area contributed by atoms with Crippen molar-refractivity contribution in [1.82, 2.24) is 15.1 Å². The fourth-order valence-electron chi connectivity index (χ4n) is 2.78. The number of nitrogens with one attached hydrogen (secondary N) is 1. The molecule has 0 aliphatic heterocycles. The third-order valence-corrected chi connectivity index (χ3v) is 4.22. The van der Waals surface area contributed by atoms with E-state index in [1.807, 2.05) is 37.3 Å². The molecule has 0 aliphatic carbocycles. The molecule has 2 heterocycles. The van der Waals surface area contributed by atoms with Gasteiger partial charge in [-0.1, -0.05) is 25.1 Å². The highest BCUT2D eigenvalue weighted by atomic mass is 16.3. The van der Waals surface area contributed by atoms with E-state index in [-0.39, 0.29) is 5.91 Å². The van der Waals surface area contributed by atoms with Crippen LogP contribution in [-0.2, 0) is 12.8 Å². The van der Waals surface area contributed by atoms with Crippen LogP contribution in [-0.4, -0.2) is 22.2 Å². The molecule has 3 N–H and O–H groups in total. The topological polar surface area (TPSA) is 110 Å². The van der Waals surface area contributed by atoms with E-state index >= 15 is 0 Å². The van der Waals surface area contributed by atoms with Gasteiger partial charge in [-0.25, -0.2) is 4.68 Å². The largest absolute Gasteiger partial charge is 0.456 e. The number of aryl methyl sites for hydroxylation is 2. The van der Waals surface area contributed by atoms with E-state index in [0.717, 1.165) is 17.9 Å². The van der Waals surface area contributed by atoms with Gasteiger partial charge in [0, 0.05) is 13.0 Å².